The Kier molecular flexibility index (Phi) is 2.77. The second kappa shape index (κ2) is 4.26. The van der Waals surface area contributed by atoms with Gasteiger partial charge < -0.3 is 5.32 Å². The van der Waals surface area contributed by atoms with Gasteiger partial charge in [0, 0.05) is 11.7 Å². The molecular weight excluding hydrogens is 236 g/mol. The molecule has 3 rings (SSSR count). The SMILES string of the molecule is CSc1nc2ccc(NC3CCC3)cc2s1. The summed E-state index contributed by atoms with van der Waals surface area (Å²) in [5.41, 5.74) is 2.36. The summed E-state index contributed by atoms with van der Waals surface area (Å²) in [7, 11) is 0. The lowest BCUT2D eigenvalue weighted by Gasteiger charge is -2.27. The summed E-state index contributed by atoms with van der Waals surface area (Å²) in [5, 5.41) is 3.57. The number of thiazole rings is 1. The zero-order valence-corrected chi connectivity index (χ0v) is 10.8. The fourth-order valence-corrected chi connectivity index (χ4v) is 3.40. The molecule has 4 heteroatoms. The van der Waals surface area contributed by atoms with Gasteiger partial charge in [0.2, 0.25) is 0 Å². The summed E-state index contributed by atoms with van der Waals surface area (Å²) in [6.45, 7) is 0. The fraction of sp³-hybridized carbons (Fsp3) is 0.417. The van der Waals surface area contributed by atoms with Crippen molar-refractivity contribution in [3.8, 4) is 0 Å². The van der Waals surface area contributed by atoms with Crippen LogP contribution in [-0.2, 0) is 0 Å². The molecule has 0 spiro atoms. The molecule has 1 N–H and O–H groups in total. The van der Waals surface area contributed by atoms with Crippen molar-refractivity contribution in [2.24, 2.45) is 0 Å². The predicted octanol–water partition coefficient (Wildman–Crippen LogP) is 3.98. The van der Waals surface area contributed by atoms with Crippen molar-refractivity contribution in [1.29, 1.82) is 0 Å². The molecule has 1 fully saturated rings. The van der Waals surface area contributed by atoms with Gasteiger partial charge in [0.1, 0.15) is 0 Å². The van der Waals surface area contributed by atoms with Crippen LogP contribution in [0.3, 0.4) is 0 Å². The van der Waals surface area contributed by atoms with Crippen molar-refractivity contribution in [3.63, 3.8) is 0 Å². The highest BCUT2D eigenvalue weighted by molar-refractivity contribution is 8.00. The first-order valence-electron chi connectivity index (χ1n) is 5.56. The molecule has 0 aliphatic heterocycles. The van der Waals surface area contributed by atoms with Gasteiger partial charge in [-0.25, -0.2) is 4.98 Å². The molecule has 16 heavy (non-hydrogen) atoms. The Hall–Kier alpha value is -0.740. The third-order valence-corrected chi connectivity index (χ3v) is 5.02. The fourth-order valence-electron chi connectivity index (χ4n) is 1.87. The zero-order chi connectivity index (χ0) is 11.0. The molecule has 1 saturated carbocycles. The van der Waals surface area contributed by atoms with E-state index >= 15 is 0 Å². The van der Waals surface area contributed by atoms with Crippen LogP contribution in [0.5, 0.6) is 0 Å². The van der Waals surface area contributed by atoms with Crippen LogP contribution < -0.4 is 5.32 Å². The van der Waals surface area contributed by atoms with Crippen LogP contribution in [-0.4, -0.2) is 17.3 Å². The van der Waals surface area contributed by atoms with Gasteiger partial charge in [-0.2, -0.15) is 0 Å². The van der Waals surface area contributed by atoms with E-state index in [-0.39, 0.29) is 0 Å². The maximum absolute atomic E-state index is 4.54. The number of fused-ring (bicyclic) bond motifs is 1. The van der Waals surface area contributed by atoms with Crippen LogP contribution in [0.2, 0.25) is 0 Å². The standard InChI is InChI=1S/C12H14N2S2/c1-15-12-14-10-6-5-9(7-11(10)16-12)13-8-3-2-4-8/h5-8,13H,2-4H2,1H3. The molecule has 0 radical (unpaired) electrons. The number of anilines is 1. The summed E-state index contributed by atoms with van der Waals surface area (Å²) in [5.74, 6) is 0. The monoisotopic (exact) mass is 250 g/mol. The number of nitrogens with one attached hydrogen (secondary N) is 1. The molecule has 84 valence electrons. The largest absolute Gasteiger partial charge is 0.382 e. The maximum Gasteiger partial charge on any atom is 0.150 e. The van der Waals surface area contributed by atoms with Crippen LogP contribution in [0.1, 0.15) is 19.3 Å². The van der Waals surface area contributed by atoms with Crippen LogP contribution in [0.25, 0.3) is 10.2 Å². The highest BCUT2D eigenvalue weighted by atomic mass is 32.2. The van der Waals surface area contributed by atoms with E-state index < -0.39 is 0 Å². The number of nitrogens with zero attached hydrogens (tertiary/aromatic N) is 1. The number of aromatic nitrogens is 1. The molecule has 0 atom stereocenters. The molecule has 0 saturated heterocycles. The average molecular weight is 250 g/mol. The summed E-state index contributed by atoms with van der Waals surface area (Å²) in [6, 6.07) is 7.19. The van der Waals surface area contributed by atoms with E-state index in [4.69, 9.17) is 0 Å². The van der Waals surface area contributed by atoms with Crippen molar-refractivity contribution in [3.05, 3.63) is 18.2 Å². The Balaban J connectivity index is 1.88. The van der Waals surface area contributed by atoms with Crippen molar-refractivity contribution in [2.45, 2.75) is 29.6 Å². The quantitative estimate of drug-likeness (QED) is 0.834. The van der Waals surface area contributed by atoms with Gasteiger partial charge in [-0.15, -0.1) is 11.3 Å². The Morgan fingerprint density at radius 2 is 2.31 bits per heavy atom. The van der Waals surface area contributed by atoms with Crippen LogP contribution in [0.15, 0.2) is 22.5 Å². The molecule has 1 aliphatic carbocycles. The minimum absolute atomic E-state index is 0.699. The Bertz CT molecular complexity index is 503. The topological polar surface area (TPSA) is 24.9 Å². The van der Waals surface area contributed by atoms with E-state index in [1.165, 1.54) is 29.6 Å². The number of thioether (sulfide) groups is 1. The van der Waals surface area contributed by atoms with Crippen molar-refractivity contribution in [2.75, 3.05) is 11.6 Å². The Morgan fingerprint density at radius 1 is 1.44 bits per heavy atom. The molecule has 1 aromatic carbocycles. The molecule has 1 aromatic heterocycles. The molecule has 2 nitrogen and oxygen atoms in total. The van der Waals surface area contributed by atoms with E-state index in [0.717, 1.165) is 9.86 Å². The number of hydrogen-bond donors (Lipinski definition) is 1. The molecule has 1 aliphatic rings. The van der Waals surface area contributed by atoms with Gasteiger partial charge in [0.15, 0.2) is 4.34 Å². The predicted molar refractivity (Wildman–Crippen MR) is 72.7 cm³/mol. The normalized spacial score (nSPS) is 16.3. The van der Waals surface area contributed by atoms with Gasteiger partial charge in [-0.05, 0) is 43.7 Å². The van der Waals surface area contributed by atoms with Crippen molar-refractivity contribution >= 4 is 39.0 Å². The second-order valence-corrected chi connectivity index (χ2v) is 6.22. The summed E-state index contributed by atoms with van der Waals surface area (Å²) >= 11 is 3.49. The first kappa shape index (κ1) is 10.4. The Morgan fingerprint density at radius 3 is 3.00 bits per heavy atom. The van der Waals surface area contributed by atoms with Crippen LogP contribution in [0, 0.1) is 0 Å². The summed E-state index contributed by atoms with van der Waals surface area (Å²) in [6.07, 6.45) is 6.08. The number of hydrogen-bond acceptors (Lipinski definition) is 4. The van der Waals surface area contributed by atoms with E-state index in [2.05, 4.69) is 34.8 Å². The molecule has 2 aromatic rings. The summed E-state index contributed by atoms with van der Waals surface area (Å²) < 4.78 is 2.43. The molecule has 0 bridgehead atoms. The lowest BCUT2D eigenvalue weighted by atomic mass is 9.93. The minimum atomic E-state index is 0.699. The molecule has 0 unspecified atom stereocenters. The smallest absolute Gasteiger partial charge is 0.150 e. The molecule has 1 heterocycles. The van der Waals surface area contributed by atoms with Gasteiger partial charge in [-0.3, -0.25) is 0 Å². The van der Waals surface area contributed by atoms with E-state index in [0.29, 0.717) is 6.04 Å². The van der Waals surface area contributed by atoms with Crippen molar-refractivity contribution in [1.82, 2.24) is 4.98 Å². The summed E-state index contributed by atoms with van der Waals surface area (Å²) in [4.78, 5) is 4.54. The van der Waals surface area contributed by atoms with Gasteiger partial charge in [0.05, 0.1) is 10.2 Å². The maximum atomic E-state index is 4.54. The van der Waals surface area contributed by atoms with E-state index in [9.17, 15) is 0 Å². The molecule has 0 amide bonds. The number of rotatable bonds is 3. The second-order valence-electron chi connectivity index (χ2n) is 4.14. The zero-order valence-electron chi connectivity index (χ0n) is 9.19. The average Bonchev–Trinajstić information content (AvgIpc) is 2.65. The lowest BCUT2D eigenvalue weighted by molar-refractivity contribution is 0.445. The lowest BCUT2D eigenvalue weighted by Crippen LogP contribution is -2.26. The van der Waals surface area contributed by atoms with Gasteiger partial charge in [-0.1, -0.05) is 11.8 Å². The third kappa shape index (κ3) is 1.92. The Labute approximate surface area is 103 Å². The van der Waals surface area contributed by atoms with Gasteiger partial charge >= 0.3 is 0 Å². The highest BCUT2D eigenvalue weighted by Crippen LogP contribution is 2.31. The van der Waals surface area contributed by atoms with E-state index in [1.54, 1.807) is 23.1 Å². The van der Waals surface area contributed by atoms with Crippen LogP contribution >= 0.6 is 23.1 Å². The van der Waals surface area contributed by atoms with Crippen LogP contribution in [0.4, 0.5) is 5.69 Å². The molecular formula is C12H14N2S2. The highest BCUT2D eigenvalue weighted by Gasteiger charge is 2.16. The first-order chi connectivity index (χ1) is 7.85. The van der Waals surface area contributed by atoms with Gasteiger partial charge in [0.25, 0.3) is 0 Å². The van der Waals surface area contributed by atoms with Crippen molar-refractivity contribution < 1.29 is 0 Å². The van der Waals surface area contributed by atoms with E-state index in [1.807, 2.05) is 0 Å². The minimum Gasteiger partial charge on any atom is -0.382 e. The number of benzene rings is 1. The third-order valence-electron chi connectivity index (χ3n) is 3.02. The first-order valence-corrected chi connectivity index (χ1v) is 7.60.